The van der Waals surface area contributed by atoms with E-state index in [1.807, 2.05) is 0 Å². The summed E-state index contributed by atoms with van der Waals surface area (Å²) in [5.41, 5.74) is 5.83. The topological polar surface area (TPSA) is 118 Å². The molecule has 0 atom stereocenters. The van der Waals surface area contributed by atoms with Gasteiger partial charge < -0.3 is 5.73 Å². The molecule has 0 aliphatic carbocycles. The molecular formula is C13H12Cl2N2O5S2. The van der Waals surface area contributed by atoms with E-state index >= 15 is 0 Å². The highest BCUT2D eigenvalue weighted by atomic mass is 35.5. The van der Waals surface area contributed by atoms with Crippen molar-refractivity contribution in [1.29, 1.82) is 0 Å². The molecule has 0 amide bonds. The molecule has 0 heterocycles. The Hall–Kier alpha value is -1.52. The highest BCUT2D eigenvalue weighted by Crippen LogP contribution is 2.32. The number of halogens is 2. The molecule has 0 spiro atoms. The van der Waals surface area contributed by atoms with Crippen molar-refractivity contribution in [2.24, 2.45) is 0 Å². The van der Waals surface area contributed by atoms with E-state index in [0.717, 1.165) is 16.4 Å². The van der Waals surface area contributed by atoms with Gasteiger partial charge in [0.15, 0.2) is 0 Å². The predicted molar refractivity (Wildman–Crippen MR) is 92.7 cm³/mol. The van der Waals surface area contributed by atoms with Crippen LogP contribution in [0.5, 0.6) is 0 Å². The van der Waals surface area contributed by atoms with Gasteiger partial charge in [0, 0.05) is 7.05 Å². The first kappa shape index (κ1) is 18.8. The lowest BCUT2D eigenvalue weighted by atomic mass is 10.3. The second kappa shape index (κ2) is 6.41. The molecule has 24 heavy (non-hydrogen) atoms. The number of nitrogens with zero attached hydrogens (tertiary/aromatic N) is 1. The number of hydrogen-bond donors (Lipinski definition) is 2. The molecule has 0 aliphatic rings. The number of hydrogen-bond acceptors (Lipinski definition) is 5. The van der Waals surface area contributed by atoms with Crippen LogP contribution in [0.25, 0.3) is 0 Å². The molecule has 2 rings (SSSR count). The third-order valence-corrected chi connectivity index (χ3v) is 6.47. The average molecular weight is 411 g/mol. The number of nitrogens with two attached hydrogens (primary N) is 1. The summed E-state index contributed by atoms with van der Waals surface area (Å²) in [6, 6.07) is 6.98. The first-order valence-corrected chi connectivity index (χ1v) is 9.89. The summed E-state index contributed by atoms with van der Waals surface area (Å²) in [6.45, 7) is 0. The minimum absolute atomic E-state index is 0.00352. The van der Waals surface area contributed by atoms with Gasteiger partial charge in [-0.15, -0.1) is 0 Å². The highest BCUT2D eigenvalue weighted by molar-refractivity contribution is 7.92. The first-order chi connectivity index (χ1) is 10.9. The molecule has 0 bridgehead atoms. The van der Waals surface area contributed by atoms with Crippen molar-refractivity contribution in [1.82, 2.24) is 0 Å². The van der Waals surface area contributed by atoms with E-state index in [4.69, 9.17) is 33.5 Å². The highest BCUT2D eigenvalue weighted by Gasteiger charge is 2.24. The maximum Gasteiger partial charge on any atom is 0.294 e. The number of sulfonamides is 1. The molecular weight excluding hydrogens is 399 g/mol. The van der Waals surface area contributed by atoms with Crippen molar-refractivity contribution >= 4 is 54.7 Å². The van der Waals surface area contributed by atoms with Crippen molar-refractivity contribution in [2.45, 2.75) is 9.79 Å². The van der Waals surface area contributed by atoms with Gasteiger partial charge in [-0.05, 0) is 36.4 Å². The van der Waals surface area contributed by atoms with Gasteiger partial charge in [0.05, 0.1) is 31.2 Å². The molecule has 2 aromatic carbocycles. The van der Waals surface area contributed by atoms with Crippen LogP contribution in [0.3, 0.4) is 0 Å². The van der Waals surface area contributed by atoms with Gasteiger partial charge in [-0.25, -0.2) is 8.42 Å². The lowest BCUT2D eigenvalue weighted by molar-refractivity contribution is 0.483. The largest absolute Gasteiger partial charge is 0.396 e. The number of benzene rings is 2. The maximum atomic E-state index is 12.6. The molecule has 0 radical (unpaired) electrons. The van der Waals surface area contributed by atoms with Gasteiger partial charge in [0.25, 0.3) is 20.1 Å². The molecule has 3 N–H and O–H groups in total. The Morgan fingerprint density at radius 1 is 0.958 bits per heavy atom. The Bertz CT molecular complexity index is 967. The van der Waals surface area contributed by atoms with E-state index in [0.29, 0.717) is 0 Å². The van der Waals surface area contributed by atoms with Gasteiger partial charge in [-0.1, -0.05) is 23.2 Å². The Morgan fingerprint density at radius 3 is 1.83 bits per heavy atom. The Kier molecular flexibility index (Phi) is 5.03. The summed E-state index contributed by atoms with van der Waals surface area (Å²) in [4.78, 5) is -0.524. The first-order valence-electron chi connectivity index (χ1n) is 6.25. The molecule has 0 saturated heterocycles. The zero-order valence-corrected chi connectivity index (χ0v) is 15.3. The molecule has 0 saturated carbocycles. The number of nitrogen functional groups attached to an aromatic ring is 1. The van der Waals surface area contributed by atoms with Crippen molar-refractivity contribution < 1.29 is 21.4 Å². The summed E-state index contributed by atoms with van der Waals surface area (Å²) in [7, 11) is -7.10. The standard InChI is InChI=1S/C13H12Cl2N2O5S2/c1-17(8-2-4-9(5-3-8)24(20,21)22)23(18,19)10-6-11(14)13(16)12(15)7-10/h2-7H,16H2,1H3,(H,20,21,22). The predicted octanol–water partition coefficient (Wildman–Crippen LogP) is 2.65. The molecule has 0 fully saturated rings. The fourth-order valence-corrected chi connectivity index (χ4v) is 4.18. The van der Waals surface area contributed by atoms with Gasteiger partial charge in [0.2, 0.25) is 0 Å². The van der Waals surface area contributed by atoms with Crippen molar-refractivity contribution in [3.8, 4) is 0 Å². The zero-order valence-electron chi connectivity index (χ0n) is 12.1. The number of anilines is 2. The van der Waals surface area contributed by atoms with Crippen LogP contribution in [0.1, 0.15) is 0 Å². The van der Waals surface area contributed by atoms with E-state index in [2.05, 4.69) is 0 Å². The third kappa shape index (κ3) is 3.60. The van der Waals surface area contributed by atoms with Crippen LogP contribution in [0, 0.1) is 0 Å². The minimum atomic E-state index is -4.37. The summed E-state index contributed by atoms with van der Waals surface area (Å²) < 4.78 is 57.2. The summed E-state index contributed by atoms with van der Waals surface area (Å²) in [5.74, 6) is 0. The molecule has 0 unspecified atom stereocenters. The Morgan fingerprint density at radius 2 is 1.42 bits per heavy atom. The minimum Gasteiger partial charge on any atom is -0.396 e. The lowest BCUT2D eigenvalue weighted by Crippen LogP contribution is -2.26. The molecule has 2 aromatic rings. The zero-order chi connectivity index (χ0) is 18.3. The Balaban J connectivity index is 2.46. The van der Waals surface area contributed by atoms with Crippen LogP contribution in [0.15, 0.2) is 46.2 Å². The third-order valence-electron chi connectivity index (χ3n) is 3.21. The van der Waals surface area contributed by atoms with Gasteiger partial charge in [-0.3, -0.25) is 8.86 Å². The van der Waals surface area contributed by atoms with E-state index in [1.54, 1.807) is 0 Å². The second-order valence-electron chi connectivity index (χ2n) is 4.74. The van der Waals surface area contributed by atoms with E-state index in [9.17, 15) is 16.8 Å². The van der Waals surface area contributed by atoms with Crippen LogP contribution < -0.4 is 10.0 Å². The fourth-order valence-electron chi connectivity index (χ4n) is 1.83. The van der Waals surface area contributed by atoms with Gasteiger partial charge in [0.1, 0.15) is 0 Å². The van der Waals surface area contributed by atoms with Gasteiger partial charge in [-0.2, -0.15) is 8.42 Å². The van der Waals surface area contributed by atoms with E-state index < -0.39 is 20.1 Å². The average Bonchev–Trinajstić information content (AvgIpc) is 2.50. The van der Waals surface area contributed by atoms with Crippen molar-refractivity contribution in [3.63, 3.8) is 0 Å². The molecule has 11 heteroatoms. The van der Waals surface area contributed by atoms with Gasteiger partial charge >= 0.3 is 0 Å². The fraction of sp³-hybridized carbons (Fsp3) is 0.0769. The summed E-state index contributed by atoms with van der Waals surface area (Å²) in [5, 5.41) is -0.00704. The monoisotopic (exact) mass is 410 g/mol. The summed E-state index contributed by atoms with van der Waals surface area (Å²) in [6.07, 6.45) is 0. The molecule has 0 aromatic heterocycles. The van der Waals surface area contributed by atoms with E-state index in [-0.39, 0.29) is 31.2 Å². The molecule has 0 aliphatic heterocycles. The smallest absolute Gasteiger partial charge is 0.294 e. The van der Waals surface area contributed by atoms with Crippen LogP contribution >= 0.6 is 23.2 Å². The summed E-state index contributed by atoms with van der Waals surface area (Å²) >= 11 is 11.7. The van der Waals surface area contributed by atoms with Crippen molar-refractivity contribution in [2.75, 3.05) is 17.1 Å². The normalized spacial score (nSPS) is 12.2. The van der Waals surface area contributed by atoms with Crippen LogP contribution in [-0.4, -0.2) is 28.4 Å². The molecule has 7 nitrogen and oxygen atoms in total. The van der Waals surface area contributed by atoms with Crippen LogP contribution in [0.2, 0.25) is 10.0 Å². The van der Waals surface area contributed by atoms with Crippen molar-refractivity contribution in [3.05, 3.63) is 46.4 Å². The van der Waals surface area contributed by atoms with E-state index in [1.165, 1.54) is 31.3 Å². The maximum absolute atomic E-state index is 12.6. The Labute approximate surface area is 149 Å². The number of rotatable bonds is 4. The molecule has 130 valence electrons. The second-order valence-corrected chi connectivity index (χ2v) is 8.95. The van der Waals surface area contributed by atoms with Crippen LogP contribution in [0.4, 0.5) is 11.4 Å². The quantitative estimate of drug-likeness (QED) is 0.590. The van der Waals surface area contributed by atoms with Crippen LogP contribution in [-0.2, 0) is 20.1 Å². The SMILES string of the molecule is CN(c1ccc(S(=O)(=O)O)cc1)S(=O)(=O)c1cc(Cl)c(N)c(Cl)c1. The lowest BCUT2D eigenvalue weighted by Gasteiger charge is -2.20.